The first-order chi connectivity index (χ1) is 14.0. The molecule has 4 rings (SSSR count). The van der Waals surface area contributed by atoms with Gasteiger partial charge in [-0.05, 0) is 86.8 Å². The topological polar surface area (TPSA) is 30.8 Å². The number of hydrogen-bond acceptors (Lipinski definition) is 3. The summed E-state index contributed by atoms with van der Waals surface area (Å²) >= 11 is 0. The van der Waals surface area contributed by atoms with Crippen molar-refractivity contribution in [2.75, 3.05) is 0 Å². The summed E-state index contributed by atoms with van der Waals surface area (Å²) in [7, 11) is 0. The molecule has 0 radical (unpaired) electrons. The number of ether oxygens (including phenoxy) is 2. The van der Waals surface area contributed by atoms with Gasteiger partial charge in [-0.2, -0.15) is 0 Å². The van der Waals surface area contributed by atoms with Gasteiger partial charge in [0.05, 0.1) is 24.5 Å². The second-order valence-electron chi connectivity index (χ2n) is 7.92. The van der Waals surface area contributed by atoms with Crippen LogP contribution in [-0.4, -0.2) is 17.9 Å². The van der Waals surface area contributed by atoms with Crippen LogP contribution in [0.25, 0.3) is 11.1 Å². The third kappa shape index (κ3) is 4.34. The van der Waals surface area contributed by atoms with Crippen LogP contribution < -0.4 is 9.47 Å². The maximum Gasteiger partial charge on any atom is 0.119 e. The van der Waals surface area contributed by atoms with Crippen molar-refractivity contribution in [3.8, 4) is 22.6 Å². The zero-order valence-corrected chi connectivity index (χ0v) is 17.5. The Hall–Kier alpha value is -3.07. The first kappa shape index (κ1) is 19.3. The highest BCUT2D eigenvalue weighted by atomic mass is 16.5. The average Bonchev–Trinajstić information content (AvgIpc) is 3.11. The van der Waals surface area contributed by atoms with Gasteiger partial charge in [-0.25, -0.2) is 0 Å². The predicted octanol–water partition coefficient (Wildman–Crippen LogP) is 6.28. The number of benzene rings is 3. The lowest BCUT2D eigenvalue weighted by molar-refractivity contribution is 0.242. The summed E-state index contributed by atoms with van der Waals surface area (Å²) in [4.78, 5) is 4.80. The SMILES string of the molecule is CC(C)Oc1ccc(C2=NCc3ccc(-c4ccc(OC(C)C)cc4)cc32)cc1. The quantitative estimate of drug-likeness (QED) is 0.500. The van der Waals surface area contributed by atoms with Gasteiger partial charge in [0, 0.05) is 11.1 Å². The summed E-state index contributed by atoms with van der Waals surface area (Å²) < 4.78 is 11.5. The Labute approximate surface area is 173 Å². The van der Waals surface area contributed by atoms with Crippen molar-refractivity contribution in [3.63, 3.8) is 0 Å². The molecule has 0 N–H and O–H groups in total. The van der Waals surface area contributed by atoms with Gasteiger partial charge in [0.2, 0.25) is 0 Å². The molecule has 3 aromatic rings. The maximum absolute atomic E-state index is 5.76. The number of fused-ring (bicyclic) bond motifs is 1. The second-order valence-corrected chi connectivity index (χ2v) is 7.92. The second kappa shape index (κ2) is 8.12. The van der Waals surface area contributed by atoms with Gasteiger partial charge in [0.1, 0.15) is 11.5 Å². The normalized spacial score (nSPS) is 12.8. The Kier molecular flexibility index (Phi) is 5.39. The molecule has 0 fully saturated rings. The largest absolute Gasteiger partial charge is 0.491 e. The zero-order valence-electron chi connectivity index (χ0n) is 17.5. The molecule has 148 valence electrons. The first-order valence-corrected chi connectivity index (χ1v) is 10.2. The van der Waals surface area contributed by atoms with Crippen LogP contribution in [0.2, 0.25) is 0 Å². The van der Waals surface area contributed by atoms with Gasteiger partial charge in [0.15, 0.2) is 0 Å². The highest BCUT2D eigenvalue weighted by Gasteiger charge is 2.18. The summed E-state index contributed by atoms with van der Waals surface area (Å²) in [5, 5.41) is 0. The fraction of sp³-hybridized carbons (Fsp3) is 0.269. The Morgan fingerprint density at radius 1 is 0.655 bits per heavy atom. The third-order valence-electron chi connectivity index (χ3n) is 4.83. The molecule has 1 aliphatic heterocycles. The van der Waals surface area contributed by atoms with Gasteiger partial charge in [-0.3, -0.25) is 4.99 Å². The summed E-state index contributed by atoms with van der Waals surface area (Å²) in [6, 6.07) is 23.1. The minimum absolute atomic E-state index is 0.172. The van der Waals surface area contributed by atoms with Gasteiger partial charge < -0.3 is 9.47 Å². The zero-order chi connectivity index (χ0) is 20.4. The molecule has 0 aliphatic carbocycles. The summed E-state index contributed by atoms with van der Waals surface area (Å²) in [6.45, 7) is 8.88. The molecule has 0 spiro atoms. The summed E-state index contributed by atoms with van der Waals surface area (Å²) in [5.74, 6) is 1.79. The average molecular weight is 386 g/mol. The third-order valence-corrected chi connectivity index (χ3v) is 4.83. The molecule has 0 saturated carbocycles. The molecule has 0 amide bonds. The van der Waals surface area contributed by atoms with E-state index in [-0.39, 0.29) is 12.2 Å². The van der Waals surface area contributed by atoms with Gasteiger partial charge in [-0.1, -0.05) is 24.3 Å². The van der Waals surface area contributed by atoms with E-state index in [0.29, 0.717) is 0 Å². The Bertz CT molecular complexity index is 1020. The van der Waals surface area contributed by atoms with Gasteiger partial charge in [0.25, 0.3) is 0 Å². The highest BCUT2D eigenvalue weighted by Crippen LogP contribution is 2.30. The molecule has 3 aromatic carbocycles. The van der Waals surface area contributed by atoms with E-state index >= 15 is 0 Å². The Morgan fingerprint density at radius 2 is 1.17 bits per heavy atom. The molecule has 3 heteroatoms. The minimum Gasteiger partial charge on any atom is -0.491 e. The van der Waals surface area contributed by atoms with E-state index in [0.717, 1.165) is 29.3 Å². The van der Waals surface area contributed by atoms with E-state index in [1.54, 1.807) is 0 Å². The fourth-order valence-electron chi connectivity index (χ4n) is 3.57. The Morgan fingerprint density at radius 3 is 1.72 bits per heavy atom. The van der Waals surface area contributed by atoms with Crippen molar-refractivity contribution < 1.29 is 9.47 Å². The first-order valence-electron chi connectivity index (χ1n) is 10.2. The van der Waals surface area contributed by atoms with E-state index in [1.165, 1.54) is 22.3 Å². The van der Waals surface area contributed by atoms with Crippen LogP contribution in [0, 0.1) is 0 Å². The van der Waals surface area contributed by atoms with E-state index < -0.39 is 0 Å². The molecule has 3 nitrogen and oxygen atoms in total. The number of aliphatic imine (C=N–C) groups is 1. The molecule has 1 aliphatic rings. The molecule has 29 heavy (non-hydrogen) atoms. The van der Waals surface area contributed by atoms with Crippen LogP contribution in [0.3, 0.4) is 0 Å². The van der Waals surface area contributed by atoms with Gasteiger partial charge >= 0.3 is 0 Å². The fourth-order valence-corrected chi connectivity index (χ4v) is 3.57. The molecule has 0 saturated heterocycles. The molecule has 0 aromatic heterocycles. The standard InChI is InChI=1S/C26H27NO2/c1-17(2)28-23-11-7-19(8-12-23)21-5-6-22-16-27-26(25(22)15-21)20-9-13-24(14-10-20)29-18(3)4/h5-15,17-18H,16H2,1-4H3. The van der Waals surface area contributed by atoms with Crippen LogP contribution in [0.15, 0.2) is 71.7 Å². The van der Waals surface area contributed by atoms with E-state index in [1.807, 2.05) is 52.0 Å². The maximum atomic E-state index is 5.76. The summed E-state index contributed by atoms with van der Waals surface area (Å²) in [6.07, 6.45) is 0.349. The van der Waals surface area contributed by atoms with Crippen LogP contribution in [-0.2, 0) is 6.54 Å². The number of hydrogen-bond donors (Lipinski definition) is 0. The smallest absolute Gasteiger partial charge is 0.119 e. The van der Waals surface area contributed by atoms with Crippen molar-refractivity contribution in [2.24, 2.45) is 4.99 Å². The molecule has 0 bridgehead atoms. The number of rotatable bonds is 6. The van der Waals surface area contributed by atoms with Crippen molar-refractivity contribution >= 4 is 5.71 Å². The van der Waals surface area contributed by atoms with Crippen molar-refractivity contribution in [1.82, 2.24) is 0 Å². The molecular weight excluding hydrogens is 358 g/mol. The minimum atomic E-state index is 0.172. The molecule has 1 heterocycles. The van der Waals surface area contributed by atoms with Gasteiger partial charge in [-0.15, -0.1) is 0 Å². The van der Waals surface area contributed by atoms with E-state index in [2.05, 4.69) is 42.5 Å². The van der Waals surface area contributed by atoms with E-state index in [4.69, 9.17) is 14.5 Å². The summed E-state index contributed by atoms with van der Waals surface area (Å²) in [5.41, 5.74) is 7.02. The van der Waals surface area contributed by atoms with Crippen LogP contribution in [0.4, 0.5) is 0 Å². The molecule has 0 atom stereocenters. The predicted molar refractivity (Wildman–Crippen MR) is 119 cm³/mol. The van der Waals surface area contributed by atoms with Crippen LogP contribution in [0.5, 0.6) is 11.5 Å². The Balaban J connectivity index is 1.59. The van der Waals surface area contributed by atoms with Crippen LogP contribution >= 0.6 is 0 Å². The lowest BCUT2D eigenvalue weighted by atomic mass is 9.95. The van der Waals surface area contributed by atoms with E-state index in [9.17, 15) is 0 Å². The molecule has 0 unspecified atom stereocenters. The molecular formula is C26H27NO2. The number of nitrogens with zero attached hydrogens (tertiary/aromatic N) is 1. The highest BCUT2D eigenvalue weighted by molar-refractivity contribution is 6.15. The van der Waals surface area contributed by atoms with Crippen LogP contribution in [0.1, 0.15) is 44.4 Å². The monoisotopic (exact) mass is 385 g/mol. The lowest BCUT2D eigenvalue weighted by Crippen LogP contribution is -2.06. The van der Waals surface area contributed by atoms with Crippen molar-refractivity contribution in [3.05, 3.63) is 83.4 Å². The van der Waals surface area contributed by atoms with Crippen molar-refractivity contribution in [1.29, 1.82) is 0 Å². The lowest BCUT2D eigenvalue weighted by Gasteiger charge is -2.12. The van der Waals surface area contributed by atoms with Crippen molar-refractivity contribution in [2.45, 2.75) is 46.4 Å².